The summed E-state index contributed by atoms with van der Waals surface area (Å²) in [6.07, 6.45) is 3.76. The molecule has 1 rings (SSSR count). The van der Waals surface area contributed by atoms with Crippen LogP contribution < -0.4 is 0 Å². The van der Waals surface area contributed by atoms with Gasteiger partial charge < -0.3 is 9.16 Å². The van der Waals surface area contributed by atoms with Crippen LogP contribution in [-0.4, -0.2) is 37.0 Å². The van der Waals surface area contributed by atoms with Crippen LogP contribution in [-0.2, 0) is 9.16 Å². The molecule has 1 heterocycles. The third-order valence-electron chi connectivity index (χ3n) is 2.36. The van der Waals surface area contributed by atoms with Gasteiger partial charge in [0.2, 0.25) is 0 Å². The summed E-state index contributed by atoms with van der Waals surface area (Å²) in [5.74, 6) is 0. The van der Waals surface area contributed by atoms with Crippen molar-refractivity contribution in [2.75, 3.05) is 13.2 Å². The van der Waals surface area contributed by atoms with Crippen molar-refractivity contribution in [1.82, 2.24) is 0 Å². The zero-order valence-electron chi connectivity index (χ0n) is 9.35. The van der Waals surface area contributed by atoms with Crippen LogP contribution in [0.1, 0.15) is 19.3 Å². The maximum atomic E-state index is 5.92. The first-order valence-electron chi connectivity index (χ1n) is 5.19. The summed E-state index contributed by atoms with van der Waals surface area (Å²) >= 11 is 0. The largest absolute Gasteiger partial charge is 0.415 e. The van der Waals surface area contributed by atoms with Crippen molar-refractivity contribution < 1.29 is 9.16 Å². The van der Waals surface area contributed by atoms with Crippen molar-refractivity contribution in [1.29, 1.82) is 0 Å². The molecular weight excluding hydrogens is 196 g/mol. The predicted molar refractivity (Wildman–Crippen MR) is 61.8 cm³/mol. The van der Waals surface area contributed by atoms with E-state index in [0.29, 0.717) is 0 Å². The molecule has 0 aromatic rings. The van der Waals surface area contributed by atoms with E-state index >= 15 is 0 Å². The first-order valence-corrected chi connectivity index (χ1v) is 9.60. The second-order valence-electron chi connectivity index (χ2n) is 5.16. The highest BCUT2D eigenvalue weighted by Gasteiger charge is 2.29. The molecule has 0 aromatic heterocycles. The lowest BCUT2D eigenvalue weighted by Gasteiger charge is -2.36. The van der Waals surface area contributed by atoms with Crippen LogP contribution in [0.4, 0.5) is 0 Å². The first kappa shape index (κ1) is 11.4. The second-order valence-corrected chi connectivity index (χ2v) is 11.5. The van der Waals surface area contributed by atoms with E-state index in [0.717, 1.165) is 23.5 Å². The Labute approximate surface area is 85.6 Å². The summed E-state index contributed by atoms with van der Waals surface area (Å²) in [7, 11) is -0.248. The maximum Gasteiger partial charge on any atom is 0.183 e. The van der Waals surface area contributed by atoms with E-state index in [4.69, 9.17) is 9.16 Å². The summed E-state index contributed by atoms with van der Waals surface area (Å²) in [5.41, 5.74) is 0. The van der Waals surface area contributed by atoms with E-state index in [2.05, 4.69) is 19.6 Å². The van der Waals surface area contributed by atoms with Gasteiger partial charge in [0.1, 0.15) is 0 Å². The molecule has 1 aliphatic heterocycles. The standard InChI is InChI=1S/C9H22O2Si2/c1-13(2,3)11-8-9(12)6-4-5-7-10-9/h4-8H2,1-3,12H3. The van der Waals surface area contributed by atoms with Crippen LogP contribution in [0, 0.1) is 0 Å². The van der Waals surface area contributed by atoms with E-state index in [1.54, 1.807) is 0 Å². The van der Waals surface area contributed by atoms with Gasteiger partial charge in [-0.2, -0.15) is 0 Å². The van der Waals surface area contributed by atoms with Crippen LogP contribution in [0.25, 0.3) is 0 Å². The lowest BCUT2D eigenvalue weighted by Crippen LogP contribution is -2.44. The third kappa shape index (κ3) is 4.40. The highest BCUT2D eigenvalue weighted by molar-refractivity contribution is 6.69. The number of hydrogen-bond donors (Lipinski definition) is 0. The Kier molecular flexibility index (Phi) is 3.74. The fraction of sp³-hybridized carbons (Fsp3) is 1.00. The van der Waals surface area contributed by atoms with Gasteiger partial charge in [0, 0.05) is 16.8 Å². The van der Waals surface area contributed by atoms with E-state index in [9.17, 15) is 0 Å². The van der Waals surface area contributed by atoms with Crippen molar-refractivity contribution in [3.05, 3.63) is 0 Å². The third-order valence-corrected chi connectivity index (χ3v) is 4.45. The van der Waals surface area contributed by atoms with E-state index < -0.39 is 8.32 Å². The number of rotatable bonds is 3. The fourth-order valence-corrected chi connectivity index (χ4v) is 3.20. The van der Waals surface area contributed by atoms with Gasteiger partial charge in [-0.25, -0.2) is 0 Å². The molecule has 0 saturated carbocycles. The quantitative estimate of drug-likeness (QED) is 0.661. The molecule has 78 valence electrons. The predicted octanol–water partition coefficient (Wildman–Crippen LogP) is 1.10. The van der Waals surface area contributed by atoms with Gasteiger partial charge in [0.05, 0.1) is 11.8 Å². The fourth-order valence-electron chi connectivity index (χ4n) is 1.47. The van der Waals surface area contributed by atoms with E-state index in [-0.39, 0.29) is 5.22 Å². The molecule has 2 nitrogen and oxygen atoms in total. The van der Waals surface area contributed by atoms with E-state index in [1.165, 1.54) is 19.3 Å². The highest BCUT2D eigenvalue weighted by Crippen LogP contribution is 2.23. The van der Waals surface area contributed by atoms with Crippen LogP contribution in [0.3, 0.4) is 0 Å². The Morgan fingerprint density at radius 2 is 2.08 bits per heavy atom. The molecule has 1 atom stereocenters. The first-order chi connectivity index (χ1) is 5.91. The van der Waals surface area contributed by atoms with Gasteiger partial charge >= 0.3 is 0 Å². The van der Waals surface area contributed by atoms with Crippen LogP contribution in [0.15, 0.2) is 0 Å². The molecule has 1 aliphatic rings. The minimum atomic E-state index is -1.35. The lowest BCUT2D eigenvalue weighted by atomic mass is 10.1. The molecule has 0 radical (unpaired) electrons. The highest BCUT2D eigenvalue weighted by atomic mass is 28.4. The normalized spacial score (nSPS) is 30.7. The van der Waals surface area contributed by atoms with Gasteiger partial charge in [-0.05, 0) is 38.9 Å². The van der Waals surface area contributed by atoms with Crippen molar-refractivity contribution >= 4 is 18.6 Å². The Hall–Kier alpha value is 0.354. The molecule has 0 amide bonds. The van der Waals surface area contributed by atoms with Crippen molar-refractivity contribution in [2.45, 2.75) is 44.1 Å². The summed E-state index contributed by atoms with van der Waals surface area (Å²) in [5, 5.41) is 0.137. The van der Waals surface area contributed by atoms with Crippen LogP contribution in [0.5, 0.6) is 0 Å². The summed E-state index contributed by atoms with van der Waals surface area (Å²) in [4.78, 5) is 0. The van der Waals surface area contributed by atoms with Crippen molar-refractivity contribution in [3.63, 3.8) is 0 Å². The number of hydrogen-bond acceptors (Lipinski definition) is 2. The smallest absolute Gasteiger partial charge is 0.183 e. The number of ether oxygens (including phenoxy) is 1. The van der Waals surface area contributed by atoms with Gasteiger partial charge in [0.25, 0.3) is 0 Å². The lowest BCUT2D eigenvalue weighted by molar-refractivity contribution is -0.0453. The van der Waals surface area contributed by atoms with Crippen molar-refractivity contribution in [2.24, 2.45) is 0 Å². The van der Waals surface area contributed by atoms with Crippen LogP contribution in [0.2, 0.25) is 19.6 Å². The molecule has 1 fully saturated rings. The molecule has 0 aromatic carbocycles. The zero-order chi connectivity index (χ0) is 9.95. The molecule has 0 aliphatic carbocycles. The maximum absolute atomic E-state index is 5.92. The monoisotopic (exact) mass is 218 g/mol. The molecule has 1 saturated heterocycles. The summed E-state index contributed by atoms with van der Waals surface area (Å²) < 4.78 is 11.7. The zero-order valence-corrected chi connectivity index (χ0v) is 12.4. The molecule has 1 unspecified atom stereocenters. The second kappa shape index (κ2) is 4.25. The molecule has 0 N–H and O–H groups in total. The van der Waals surface area contributed by atoms with Crippen LogP contribution >= 0.6 is 0 Å². The average Bonchev–Trinajstić information content (AvgIpc) is 2.02. The minimum absolute atomic E-state index is 0.137. The van der Waals surface area contributed by atoms with Gasteiger partial charge in [-0.1, -0.05) is 0 Å². The SMILES string of the molecule is C[Si](C)(C)OCC1([SiH3])CCCCO1. The molecule has 0 bridgehead atoms. The average molecular weight is 218 g/mol. The molecule has 4 heteroatoms. The summed E-state index contributed by atoms with van der Waals surface area (Å²) in [6, 6.07) is 0. The Morgan fingerprint density at radius 3 is 2.54 bits per heavy atom. The van der Waals surface area contributed by atoms with Gasteiger partial charge in [0.15, 0.2) is 8.32 Å². The summed E-state index contributed by atoms with van der Waals surface area (Å²) in [6.45, 7) is 8.50. The van der Waals surface area contributed by atoms with Crippen molar-refractivity contribution in [3.8, 4) is 0 Å². The molecular formula is C9H22O2Si2. The Balaban J connectivity index is 2.33. The Bertz CT molecular complexity index is 159. The topological polar surface area (TPSA) is 18.5 Å². The molecule has 0 spiro atoms. The minimum Gasteiger partial charge on any atom is -0.415 e. The van der Waals surface area contributed by atoms with Gasteiger partial charge in [-0.3, -0.25) is 0 Å². The van der Waals surface area contributed by atoms with E-state index in [1.807, 2.05) is 0 Å². The Morgan fingerprint density at radius 1 is 1.38 bits per heavy atom. The molecule has 13 heavy (non-hydrogen) atoms. The van der Waals surface area contributed by atoms with Gasteiger partial charge in [-0.15, -0.1) is 0 Å².